The normalized spacial score (nSPS) is 18.3. The average molecular weight is 244 g/mol. The second kappa shape index (κ2) is 4.33. The number of hydrogen-bond acceptors (Lipinski definition) is 2. The molecule has 1 aliphatic carbocycles. The maximum Gasteiger partial charge on any atom is 0.241 e. The molecule has 15 heavy (non-hydrogen) atoms. The van der Waals surface area contributed by atoms with Crippen molar-refractivity contribution < 1.29 is 8.85 Å². The molecule has 4 heteroatoms. The standard InChI is InChI=1S/C11H24O2Si2/c1-14(2,3)12-10-8-7-9-11(10)13-15(4,5)6/h7-9H2,1-6H3. The van der Waals surface area contributed by atoms with Crippen molar-refractivity contribution in [1.82, 2.24) is 0 Å². The molecule has 0 saturated carbocycles. The van der Waals surface area contributed by atoms with E-state index in [2.05, 4.69) is 39.3 Å². The third-order valence-electron chi connectivity index (χ3n) is 1.98. The molecular formula is C11H24O2Si2. The quantitative estimate of drug-likeness (QED) is 0.694. The van der Waals surface area contributed by atoms with E-state index in [0.29, 0.717) is 0 Å². The summed E-state index contributed by atoms with van der Waals surface area (Å²) in [7, 11) is -2.92. The number of rotatable bonds is 4. The van der Waals surface area contributed by atoms with Gasteiger partial charge in [0.15, 0.2) is 0 Å². The minimum Gasteiger partial charge on any atom is -0.545 e. The Kier molecular flexibility index (Phi) is 3.71. The lowest BCUT2D eigenvalue weighted by molar-refractivity contribution is 0.344. The number of hydrogen-bond donors (Lipinski definition) is 0. The highest BCUT2D eigenvalue weighted by molar-refractivity contribution is 6.70. The van der Waals surface area contributed by atoms with E-state index in [4.69, 9.17) is 8.85 Å². The Bertz CT molecular complexity index is 233. The second-order valence-corrected chi connectivity index (χ2v) is 15.0. The molecule has 0 aromatic heterocycles. The predicted octanol–water partition coefficient (Wildman–Crippen LogP) is 4.08. The topological polar surface area (TPSA) is 18.5 Å². The van der Waals surface area contributed by atoms with E-state index in [1.54, 1.807) is 0 Å². The summed E-state index contributed by atoms with van der Waals surface area (Å²) in [5.74, 6) is 2.30. The van der Waals surface area contributed by atoms with Gasteiger partial charge in [-0.25, -0.2) is 0 Å². The van der Waals surface area contributed by atoms with E-state index in [9.17, 15) is 0 Å². The lowest BCUT2D eigenvalue weighted by Gasteiger charge is -2.25. The summed E-state index contributed by atoms with van der Waals surface area (Å²) in [6.07, 6.45) is 3.34. The van der Waals surface area contributed by atoms with Crippen LogP contribution in [0.4, 0.5) is 0 Å². The molecule has 0 N–H and O–H groups in total. The van der Waals surface area contributed by atoms with Gasteiger partial charge in [0.25, 0.3) is 0 Å². The van der Waals surface area contributed by atoms with Gasteiger partial charge in [-0.2, -0.15) is 0 Å². The first kappa shape index (κ1) is 12.8. The van der Waals surface area contributed by atoms with E-state index in [1.807, 2.05) is 0 Å². The van der Waals surface area contributed by atoms with E-state index < -0.39 is 16.6 Å². The molecule has 0 fully saturated rings. The molecule has 0 spiro atoms. The van der Waals surface area contributed by atoms with Crippen molar-refractivity contribution in [2.75, 3.05) is 0 Å². The monoisotopic (exact) mass is 244 g/mol. The van der Waals surface area contributed by atoms with Crippen LogP contribution in [0.25, 0.3) is 0 Å². The first-order chi connectivity index (χ1) is 6.67. The van der Waals surface area contributed by atoms with Crippen LogP contribution < -0.4 is 0 Å². The van der Waals surface area contributed by atoms with Crippen molar-refractivity contribution in [3.63, 3.8) is 0 Å². The van der Waals surface area contributed by atoms with Crippen LogP contribution in [0, 0.1) is 0 Å². The second-order valence-electron chi connectivity index (χ2n) is 6.13. The van der Waals surface area contributed by atoms with Crippen molar-refractivity contribution in [3.8, 4) is 0 Å². The van der Waals surface area contributed by atoms with Gasteiger partial charge in [0.2, 0.25) is 16.6 Å². The first-order valence-corrected chi connectivity index (χ1v) is 12.6. The molecule has 0 amide bonds. The highest BCUT2D eigenvalue weighted by atomic mass is 28.4. The van der Waals surface area contributed by atoms with Crippen LogP contribution in [0.1, 0.15) is 19.3 Å². The molecule has 0 aliphatic heterocycles. The first-order valence-electron chi connectivity index (χ1n) is 5.77. The summed E-state index contributed by atoms with van der Waals surface area (Å²) in [4.78, 5) is 0. The number of allylic oxidation sites excluding steroid dienone is 2. The fraction of sp³-hybridized carbons (Fsp3) is 0.818. The highest BCUT2D eigenvalue weighted by Gasteiger charge is 2.27. The summed E-state index contributed by atoms with van der Waals surface area (Å²) >= 11 is 0. The van der Waals surface area contributed by atoms with Crippen LogP contribution in [-0.2, 0) is 8.85 Å². The molecule has 0 aromatic carbocycles. The third kappa shape index (κ3) is 4.88. The summed E-state index contributed by atoms with van der Waals surface area (Å²) < 4.78 is 12.1. The van der Waals surface area contributed by atoms with Crippen LogP contribution in [0.15, 0.2) is 11.5 Å². The van der Waals surface area contributed by atoms with E-state index >= 15 is 0 Å². The summed E-state index contributed by atoms with van der Waals surface area (Å²) in [6, 6.07) is 0. The minimum absolute atomic E-state index is 1.07. The minimum atomic E-state index is -1.46. The van der Waals surface area contributed by atoms with Crippen molar-refractivity contribution in [1.29, 1.82) is 0 Å². The van der Waals surface area contributed by atoms with Crippen molar-refractivity contribution in [3.05, 3.63) is 11.5 Å². The molecule has 88 valence electrons. The third-order valence-corrected chi connectivity index (χ3v) is 3.69. The smallest absolute Gasteiger partial charge is 0.241 e. The zero-order valence-corrected chi connectivity index (χ0v) is 12.9. The molecule has 1 aliphatic rings. The molecular weight excluding hydrogens is 220 g/mol. The van der Waals surface area contributed by atoms with Crippen molar-refractivity contribution in [2.45, 2.75) is 58.5 Å². The van der Waals surface area contributed by atoms with Crippen molar-refractivity contribution in [2.24, 2.45) is 0 Å². The van der Waals surface area contributed by atoms with Gasteiger partial charge >= 0.3 is 0 Å². The molecule has 2 nitrogen and oxygen atoms in total. The largest absolute Gasteiger partial charge is 0.545 e. The van der Waals surface area contributed by atoms with Gasteiger partial charge in [-0.15, -0.1) is 0 Å². The Hall–Kier alpha value is -0.226. The van der Waals surface area contributed by atoms with E-state index in [0.717, 1.165) is 24.4 Å². The maximum atomic E-state index is 6.07. The Morgan fingerprint density at radius 2 is 1.07 bits per heavy atom. The molecule has 0 radical (unpaired) electrons. The Balaban J connectivity index is 2.70. The van der Waals surface area contributed by atoms with Crippen LogP contribution in [0.3, 0.4) is 0 Å². The Morgan fingerprint density at radius 3 is 1.33 bits per heavy atom. The van der Waals surface area contributed by atoms with Gasteiger partial charge in [-0.3, -0.25) is 0 Å². The maximum absolute atomic E-state index is 6.07. The zero-order valence-electron chi connectivity index (χ0n) is 10.9. The molecule has 0 aromatic rings. The van der Waals surface area contributed by atoms with E-state index in [-0.39, 0.29) is 0 Å². The van der Waals surface area contributed by atoms with Crippen LogP contribution in [0.2, 0.25) is 39.3 Å². The highest BCUT2D eigenvalue weighted by Crippen LogP contribution is 2.31. The molecule has 0 unspecified atom stereocenters. The lowest BCUT2D eigenvalue weighted by Crippen LogP contribution is -2.28. The fourth-order valence-electron chi connectivity index (χ4n) is 1.64. The van der Waals surface area contributed by atoms with E-state index in [1.165, 1.54) is 6.42 Å². The summed E-state index contributed by atoms with van der Waals surface area (Å²) in [5, 5.41) is 0. The summed E-state index contributed by atoms with van der Waals surface area (Å²) in [5.41, 5.74) is 0. The SMILES string of the molecule is C[Si](C)(C)OC1=C(O[Si](C)(C)C)CCC1. The fourth-order valence-corrected chi connectivity index (χ4v) is 3.55. The van der Waals surface area contributed by atoms with Gasteiger partial charge in [0.05, 0.1) is 0 Å². The van der Waals surface area contributed by atoms with Crippen molar-refractivity contribution >= 4 is 16.6 Å². The summed E-state index contributed by atoms with van der Waals surface area (Å²) in [6.45, 7) is 13.4. The molecule has 0 heterocycles. The van der Waals surface area contributed by atoms with Crippen LogP contribution in [0.5, 0.6) is 0 Å². The molecule has 0 saturated heterocycles. The van der Waals surface area contributed by atoms with Gasteiger partial charge in [-0.1, -0.05) is 0 Å². The van der Waals surface area contributed by atoms with Gasteiger partial charge in [0.1, 0.15) is 11.5 Å². The Labute approximate surface area is 95.9 Å². The predicted molar refractivity (Wildman–Crippen MR) is 69.7 cm³/mol. The lowest BCUT2D eigenvalue weighted by atomic mass is 10.4. The average Bonchev–Trinajstić information content (AvgIpc) is 2.29. The zero-order chi connectivity index (χ0) is 11.7. The van der Waals surface area contributed by atoms with Crippen LogP contribution >= 0.6 is 0 Å². The van der Waals surface area contributed by atoms with Gasteiger partial charge in [-0.05, 0) is 45.7 Å². The molecule has 1 rings (SSSR count). The van der Waals surface area contributed by atoms with Gasteiger partial charge in [0, 0.05) is 12.8 Å². The molecule has 0 bridgehead atoms. The van der Waals surface area contributed by atoms with Crippen LogP contribution in [-0.4, -0.2) is 16.6 Å². The van der Waals surface area contributed by atoms with Gasteiger partial charge < -0.3 is 8.85 Å². The molecule has 0 atom stereocenters. The Morgan fingerprint density at radius 1 is 0.733 bits per heavy atom.